The minimum atomic E-state index is -0.497. The predicted octanol–water partition coefficient (Wildman–Crippen LogP) is 4.14. The summed E-state index contributed by atoms with van der Waals surface area (Å²) in [4.78, 5) is 11.3. The van der Waals surface area contributed by atoms with E-state index in [4.69, 9.17) is 10.00 Å². The number of rotatable bonds is 10. The minimum Gasteiger partial charge on any atom is -0.462 e. The monoisotopic (exact) mass is 251 g/mol. The first-order valence-corrected chi connectivity index (χ1v) is 7.03. The number of esters is 1. The van der Waals surface area contributed by atoms with E-state index < -0.39 is 5.97 Å². The summed E-state index contributed by atoms with van der Waals surface area (Å²) in [7, 11) is 0. The summed E-state index contributed by atoms with van der Waals surface area (Å²) in [5, 5.41) is 8.80. The van der Waals surface area contributed by atoms with Crippen molar-refractivity contribution < 1.29 is 9.53 Å². The van der Waals surface area contributed by atoms with Gasteiger partial charge in [0.05, 0.1) is 6.61 Å². The Morgan fingerprint density at radius 2 is 1.72 bits per heavy atom. The molecule has 0 heterocycles. The molecule has 0 aliphatic carbocycles. The lowest BCUT2D eigenvalue weighted by atomic mass is 10.1. The highest BCUT2D eigenvalue weighted by atomic mass is 16.5. The third-order valence-corrected chi connectivity index (χ3v) is 2.77. The average Bonchev–Trinajstić information content (AvgIpc) is 2.37. The first-order valence-electron chi connectivity index (χ1n) is 7.03. The van der Waals surface area contributed by atoms with Crippen molar-refractivity contribution in [3.8, 4) is 6.07 Å². The maximum atomic E-state index is 11.3. The highest BCUT2D eigenvalue weighted by molar-refractivity contribution is 5.92. The Kier molecular flexibility index (Phi) is 11.3. The van der Waals surface area contributed by atoms with Gasteiger partial charge in [0.2, 0.25) is 0 Å². The van der Waals surface area contributed by atoms with Crippen molar-refractivity contribution >= 4 is 5.97 Å². The number of ether oxygens (including phenoxy) is 1. The van der Waals surface area contributed by atoms with Crippen molar-refractivity contribution in [3.05, 3.63) is 11.6 Å². The second-order valence-electron chi connectivity index (χ2n) is 4.36. The fourth-order valence-corrected chi connectivity index (χ4v) is 1.73. The van der Waals surface area contributed by atoms with Crippen LogP contribution in [0.25, 0.3) is 0 Å². The molecule has 0 aromatic rings. The molecule has 0 saturated carbocycles. The maximum absolute atomic E-state index is 11.3. The normalized spacial score (nSPS) is 11.1. The molecule has 0 aliphatic heterocycles. The molecular formula is C15H25NO2. The lowest BCUT2D eigenvalue weighted by molar-refractivity contribution is -0.138. The quantitative estimate of drug-likeness (QED) is 0.254. The second kappa shape index (κ2) is 12.2. The van der Waals surface area contributed by atoms with Crippen LogP contribution in [-0.4, -0.2) is 12.6 Å². The van der Waals surface area contributed by atoms with Gasteiger partial charge in [-0.1, -0.05) is 51.5 Å². The van der Waals surface area contributed by atoms with Gasteiger partial charge < -0.3 is 4.74 Å². The van der Waals surface area contributed by atoms with E-state index in [1.807, 2.05) is 6.07 Å². The molecule has 3 heteroatoms. The van der Waals surface area contributed by atoms with E-state index in [1.54, 1.807) is 13.0 Å². The Morgan fingerprint density at radius 3 is 2.28 bits per heavy atom. The Balaban J connectivity index is 3.66. The summed E-state index contributed by atoms with van der Waals surface area (Å²) in [5.74, 6) is -0.497. The number of nitrogens with zero attached hydrogens (tertiary/aromatic N) is 1. The van der Waals surface area contributed by atoms with Crippen LogP contribution in [0.2, 0.25) is 0 Å². The van der Waals surface area contributed by atoms with Crippen LogP contribution in [0.1, 0.15) is 65.2 Å². The summed E-state index contributed by atoms with van der Waals surface area (Å²) in [5.41, 5.74) is 0.142. The van der Waals surface area contributed by atoms with Gasteiger partial charge in [0.1, 0.15) is 11.6 Å². The lowest BCUT2D eigenvalue weighted by Crippen LogP contribution is -2.06. The second-order valence-corrected chi connectivity index (χ2v) is 4.36. The highest BCUT2D eigenvalue weighted by Gasteiger charge is 2.08. The Morgan fingerprint density at radius 1 is 1.11 bits per heavy atom. The fourth-order valence-electron chi connectivity index (χ4n) is 1.73. The standard InChI is InChI=1S/C15H25NO2/c1-3-5-6-7-8-9-10-11-12-14(13-16)15(17)18-4-2/h12H,3-11H2,1-2H3/b14-12+. The summed E-state index contributed by atoms with van der Waals surface area (Å²) < 4.78 is 4.79. The molecular weight excluding hydrogens is 226 g/mol. The molecule has 18 heavy (non-hydrogen) atoms. The first kappa shape index (κ1) is 16.7. The zero-order valence-electron chi connectivity index (χ0n) is 11.7. The van der Waals surface area contributed by atoms with Crippen LogP contribution < -0.4 is 0 Å². The summed E-state index contributed by atoms with van der Waals surface area (Å²) in [6.07, 6.45) is 11.1. The predicted molar refractivity (Wildman–Crippen MR) is 72.9 cm³/mol. The number of hydrogen-bond acceptors (Lipinski definition) is 3. The van der Waals surface area contributed by atoms with Crippen LogP contribution in [0.4, 0.5) is 0 Å². The van der Waals surface area contributed by atoms with E-state index in [9.17, 15) is 4.79 Å². The number of hydrogen-bond donors (Lipinski definition) is 0. The molecule has 0 aromatic heterocycles. The van der Waals surface area contributed by atoms with Gasteiger partial charge in [0, 0.05) is 0 Å². The summed E-state index contributed by atoms with van der Waals surface area (Å²) >= 11 is 0. The van der Waals surface area contributed by atoms with Crippen molar-refractivity contribution in [2.75, 3.05) is 6.61 Å². The Bertz CT molecular complexity index is 289. The number of nitriles is 1. The maximum Gasteiger partial charge on any atom is 0.348 e. The molecule has 0 unspecified atom stereocenters. The SMILES string of the molecule is CCCCCCCCC/C=C(\C#N)C(=O)OCC. The number of unbranched alkanes of at least 4 members (excludes halogenated alkanes) is 7. The molecule has 0 rings (SSSR count). The fraction of sp³-hybridized carbons (Fsp3) is 0.733. The number of carbonyl (C=O) groups is 1. The smallest absolute Gasteiger partial charge is 0.348 e. The van der Waals surface area contributed by atoms with E-state index in [0.717, 1.165) is 12.8 Å². The Labute approximate surface area is 111 Å². The topological polar surface area (TPSA) is 50.1 Å². The summed E-state index contributed by atoms with van der Waals surface area (Å²) in [6.45, 7) is 4.27. The van der Waals surface area contributed by atoms with Crippen LogP contribution in [0.15, 0.2) is 11.6 Å². The van der Waals surface area contributed by atoms with Gasteiger partial charge in [-0.2, -0.15) is 5.26 Å². The van der Waals surface area contributed by atoms with Gasteiger partial charge in [-0.05, 0) is 19.8 Å². The molecule has 0 atom stereocenters. The molecule has 0 spiro atoms. The van der Waals surface area contributed by atoms with Gasteiger partial charge in [-0.15, -0.1) is 0 Å². The van der Waals surface area contributed by atoms with Crippen molar-refractivity contribution in [3.63, 3.8) is 0 Å². The van der Waals surface area contributed by atoms with Crippen LogP contribution in [-0.2, 0) is 9.53 Å². The highest BCUT2D eigenvalue weighted by Crippen LogP contribution is 2.09. The molecule has 0 saturated heterocycles. The molecule has 3 nitrogen and oxygen atoms in total. The van der Waals surface area contributed by atoms with Crippen molar-refractivity contribution in [1.29, 1.82) is 5.26 Å². The number of carbonyl (C=O) groups excluding carboxylic acids is 1. The van der Waals surface area contributed by atoms with Crippen LogP contribution in [0.5, 0.6) is 0 Å². The van der Waals surface area contributed by atoms with E-state index in [0.29, 0.717) is 6.61 Å². The first-order chi connectivity index (χ1) is 8.76. The molecule has 0 amide bonds. The molecule has 0 radical (unpaired) electrons. The van der Waals surface area contributed by atoms with Crippen molar-refractivity contribution in [2.45, 2.75) is 65.2 Å². The molecule has 0 N–H and O–H groups in total. The van der Waals surface area contributed by atoms with E-state index >= 15 is 0 Å². The molecule has 102 valence electrons. The van der Waals surface area contributed by atoms with Gasteiger partial charge in [-0.3, -0.25) is 0 Å². The average molecular weight is 251 g/mol. The van der Waals surface area contributed by atoms with E-state index in [2.05, 4.69) is 6.92 Å². The molecule has 0 aromatic carbocycles. The third-order valence-electron chi connectivity index (χ3n) is 2.77. The van der Waals surface area contributed by atoms with Crippen LogP contribution in [0, 0.1) is 11.3 Å². The molecule has 0 aliphatic rings. The van der Waals surface area contributed by atoms with Gasteiger partial charge in [0.25, 0.3) is 0 Å². The van der Waals surface area contributed by atoms with Crippen LogP contribution in [0.3, 0.4) is 0 Å². The minimum absolute atomic E-state index is 0.142. The van der Waals surface area contributed by atoms with E-state index in [1.165, 1.54) is 38.5 Å². The van der Waals surface area contributed by atoms with E-state index in [-0.39, 0.29) is 5.57 Å². The zero-order valence-corrected chi connectivity index (χ0v) is 11.7. The third kappa shape index (κ3) is 8.81. The molecule has 0 bridgehead atoms. The van der Waals surface area contributed by atoms with Crippen molar-refractivity contribution in [2.24, 2.45) is 0 Å². The summed E-state index contributed by atoms with van der Waals surface area (Å²) in [6, 6.07) is 1.89. The van der Waals surface area contributed by atoms with Crippen LogP contribution >= 0.6 is 0 Å². The van der Waals surface area contributed by atoms with Gasteiger partial charge in [0.15, 0.2) is 0 Å². The Hall–Kier alpha value is -1.30. The lowest BCUT2D eigenvalue weighted by Gasteiger charge is -2.00. The van der Waals surface area contributed by atoms with Gasteiger partial charge >= 0.3 is 5.97 Å². The zero-order chi connectivity index (χ0) is 13.6. The number of allylic oxidation sites excluding steroid dienone is 1. The van der Waals surface area contributed by atoms with Gasteiger partial charge in [-0.25, -0.2) is 4.79 Å². The largest absolute Gasteiger partial charge is 0.462 e. The molecule has 0 fully saturated rings. The van der Waals surface area contributed by atoms with Crippen molar-refractivity contribution in [1.82, 2.24) is 0 Å².